The topological polar surface area (TPSA) is 43.6 Å². The largest absolute Gasteiger partial charge is 0.283 e. The highest BCUT2D eigenvalue weighted by molar-refractivity contribution is 5.72. The Labute approximate surface area is 123 Å². The third-order valence-corrected chi connectivity index (χ3v) is 3.18. The summed E-state index contributed by atoms with van der Waals surface area (Å²) in [6.45, 7) is 2.16. The highest BCUT2D eigenvalue weighted by Gasteiger charge is 2.06. The van der Waals surface area contributed by atoms with E-state index in [2.05, 4.69) is 33.7 Å². The first-order valence-corrected chi connectivity index (χ1v) is 7.13. The molecule has 2 heterocycles. The summed E-state index contributed by atoms with van der Waals surface area (Å²) in [5, 5.41) is 0. The van der Waals surface area contributed by atoms with Gasteiger partial charge in [0, 0.05) is 12.1 Å². The molecule has 0 aliphatic rings. The van der Waals surface area contributed by atoms with Gasteiger partial charge in [0.05, 0.1) is 6.20 Å². The Kier molecular flexibility index (Phi) is 3.92. The molecule has 3 rings (SSSR count). The van der Waals surface area contributed by atoms with Gasteiger partial charge in [0.1, 0.15) is 11.8 Å². The predicted octanol–water partition coefficient (Wildman–Crippen LogP) is 3.36. The third kappa shape index (κ3) is 2.92. The van der Waals surface area contributed by atoms with Crippen LogP contribution in [-0.4, -0.2) is 19.5 Å². The Balaban J connectivity index is 1.98. The molecule has 3 aromatic rings. The van der Waals surface area contributed by atoms with Gasteiger partial charge in [-0.25, -0.2) is 15.0 Å². The fourth-order valence-corrected chi connectivity index (χ4v) is 2.05. The second-order valence-electron chi connectivity index (χ2n) is 4.76. The van der Waals surface area contributed by atoms with Gasteiger partial charge in [0.2, 0.25) is 5.82 Å². The molecule has 2 aromatic heterocycles. The Hall–Kier alpha value is -2.67. The number of fused-ring (bicyclic) bond motifs is 1. The number of aromatic nitrogens is 4. The molecule has 0 N–H and O–H groups in total. The second-order valence-corrected chi connectivity index (χ2v) is 4.76. The quantitative estimate of drug-likeness (QED) is 0.544. The zero-order valence-electron chi connectivity index (χ0n) is 12.0. The third-order valence-electron chi connectivity index (χ3n) is 3.18. The van der Waals surface area contributed by atoms with Crippen molar-refractivity contribution < 1.29 is 0 Å². The van der Waals surface area contributed by atoms with Crippen molar-refractivity contribution in [2.75, 3.05) is 0 Å². The van der Waals surface area contributed by atoms with Gasteiger partial charge in [-0.2, -0.15) is 0 Å². The number of unbranched alkanes of at least 4 members (excludes halogenated alkanes) is 2. The molecule has 0 unspecified atom stereocenters. The monoisotopic (exact) mass is 276 g/mol. The summed E-state index contributed by atoms with van der Waals surface area (Å²) in [4.78, 5) is 13.1. The van der Waals surface area contributed by atoms with E-state index in [1.807, 2.05) is 34.9 Å². The molecule has 21 heavy (non-hydrogen) atoms. The van der Waals surface area contributed by atoms with E-state index in [1.54, 1.807) is 12.5 Å². The number of imidazole rings is 1. The lowest BCUT2D eigenvalue weighted by atomic mass is 10.2. The maximum atomic E-state index is 4.52. The number of para-hydroxylation sites is 1. The zero-order chi connectivity index (χ0) is 14.5. The van der Waals surface area contributed by atoms with Gasteiger partial charge in [-0.15, -0.1) is 0 Å². The van der Waals surface area contributed by atoms with E-state index in [1.165, 1.54) is 0 Å². The lowest BCUT2D eigenvalue weighted by Gasteiger charge is -2.02. The molecule has 4 nitrogen and oxygen atoms in total. The second kappa shape index (κ2) is 6.19. The SMILES string of the molecule is CCCCC#Cc1ncc2ncn(-c3ccccc3)c2n1. The number of rotatable bonds is 3. The molecule has 0 bridgehead atoms. The lowest BCUT2D eigenvalue weighted by molar-refractivity contribution is 0.828. The zero-order valence-corrected chi connectivity index (χ0v) is 12.0. The maximum absolute atomic E-state index is 4.52. The molecule has 0 aliphatic carbocycles. The van der Waals surface area contributed by atoms with Crippen molar-refractivity contribution >= 4 is 11.2 Å². The van der Waals surface area contributed by atoms with Crippen LogP contribution < -0.4 is 0 Å². The standard InChI is InChI=1S/C17H16N4/c1-2-3-4-8-11-16-18-12-15-17(20-16)21(13-19-15)14-9-6-5-7-10-14/h5-7,9-10,12-13H,2-4H2,1H3. The van der Waals surface area contributed by atoms with Crippen molar-refractivity contribution in [2.24, 2.45) is 0 Å². The molecule has 0 saturated heterocycles. The summed E-state index contributed by atoms with van der Waals surface area (Å²) >= 11 is 0. The first-order chi connectivity index (χ1) is 10.4. The van der Waals surface area contributed by atoms with Gasteiger partial charge in [-0.1, -0.05) is 37.5 Å². The van der Waals surface area contributed by atoms with Crippen LogP contribution in [-0.2, 0) is 0 Å². The highest BCUT2D eigenvalue weighted by atomic mass is 15.1. The maximum Gasteiger partial charge on any atom is 0.206 e. The Morgan fingerprint density at radius 2 is 2.00 bits per heavy atom. The van der Waals surface area contributed by atoms with Crippen molar-refractivity contribution in [1.82, 2.24) is 19.5 Å². The van der Waals surface area contributed by atoms with Crippen LogP contribution >= 0.6 is 0 Å². The average molecular weight is 276 g/mol. The van der Waals surface area contributed by atoms with E-state index in [9.17, 15) is 0 Å². The van der Waals surface area contributed by atoms with E-state index in [4.69, 9.17) is 0 Å². The number of nitrogens with zero attached hydrogens (tertiary/aromatic N) is 4. The molecule has 1 aromatic carbocycles. The van der Waals surface area contributed by atoms with Crippen molar-refractivity contribution in [2.45, 2.75) is 26.2 Å². The van der Waals surface area contributed by atoms with Gasteiger partial charge in [0.25, 0.3) is 0 Å². The normalized spacial score (nSPS) is 10.3. The van der Waals surface area contributed by atoms with Gasteiger partial charge in [0.15, 0.2) is 5.65 Å². The minimum absolute atomic E-state index is 0.552. The number of hydrogen-bond acceptors (Lipinski definition) is 3. The number of benzene rings is 1. The molecule has 0 amide bonds. The Bertz CT molecular complexity index is 794. The average Bonchev–Trinajstić information content (AvgIpc) is 2.95. The summed E-state index contributed by atoms with van der Waals surface area (Å²) in [5.41, 5.74) is 2.59. The van der Waals surface area contributed by atoms with Crippen LogP contribution in [0.3, 0.4) is 0 Å². The van der Waals surface area contributed by atoms with Crippen molar-refractivity contribution in [3.8, 4) is 17.5 Å². The molecular weight excluding hydrogens is 260 g/mol. The minimum Gasteiger partial charge on any atom is -0.283 e. The molecule has 4 heteroatoms. The first-order valence-electron chi connectivity index (χ1n) is 7.13. The molecule has 0 spiro atoms. The van der Waals surface area contributed by atoms with Crippen LogP contribution in [0, 0.1) is 11.8 Å². The molecule has 0 saturated carbocycles. The summed E-state index contributed by atoms with van der Waals surface area (Å²) in [7, 11) is 0. The van der Waals surface area contributed by atoms with Crippen LogP contribution in [0.2, 0.25) is 0 Å². The van der Waals surface area contributed by atoms with Crippen LogP contribution in [0.5, 0.6) is 0 Å². The van der Waals surface area contributed by atoms with Crippen LogP contribution in [0.4, 0.5) is 0 Å². The fourth-order valence-electron chi connectivity index (χ4n) is 2.05. The molecule has 0 aliphatic heterocycles. The van der Waals surface area contributed by atoms with Gasteiger partial charge in [-0.05, 0) is 24.5 Å². The van der Waals surface area contributed by atoms with Gasteiger partial charge >= 0.3 is 0 Å². The fraction of sp³-hybridized carbons (Fsp3) is 0.235. The van der Waals surface area contributed by atoms with Crippen molar-refractivity contribution in [3.63, 3.8) is 0 Å². The summed E-state index contributed by atoms with van der Waals surface area (Å²) in [6, 6.07) is 10.0. The van der Waals surface area contributed by atoms with Crippen LogP contribution in [0.25, 0.3) is 16.9 Å². The van der Waals surface area contributed by atoms with Crippen LogP contribution in [0.1, 0.15) is 32.0 Å². The predicted molar refractivity (Wildman–Crippen MR) is 83.1 cm³/mol. The van der Waals surface area contributed by atoms with E-state index >= 15 is 0 Å². The number of hydrogen-bond donors (Lipinski definition) is 0. The molecule has 0 fully saturated rings. The van der Waals surface area contributed by atoms with Gasteiger partial charge < -0.3 is 0 Å². The minimum atomic E-state index is 0.552. The summed E-state index contributed by atoms with van der Waals surface area (Å²) in [5.74, 6) is 6.69. The first kappa shape index (κ1) is 13.3. The van der Waals surface area contributed by atoms with E-state index < -0.39 is 0 Å². The molecular formula is C17H16N4. The van der Waals surface area contributed by atoms with Crippen LogP contribution in [0.15, 0.2) is 42.9 Å². The smallest absolute Gasteiger partial charge is 0.206 e. The molecule has 104 valence electrons. The Morgan fingerprint density at radius 1 is 1.14 bits per heavy atom. The van der Waals surface area contributed by atoms with E-state index in [0.29, 0.717) is 5.82 Å². The Morgan fingerprint density at radius 3 is 2.81 bits per heavy atom. The molecule has 0 atom stereocenters. The molecule has 0 radical (unpaired) electrons. The van der Waals surface area contributed by atoms with Crippen molar-refractivity contribution in [3.05, 3.63) is 48.7 Å². The summed E-state index contributed by atoms with van der Waals surface area (Å²) in [6.07, 6.45) is 6.64. The van der Waals surface area contributed by atoms with Gasteiger partial charge in [-0.3, -0.25) is 4.57 Å². The summed E-state index contributed by atoms with van der Waals surface area (Å²) < 4.78 is 1.95. The highest BCUT2D eigenvalue weighted by Crippen LogP contribution is 2.15. The van der Waals surface area contributed by atoms with Crippen molar-refractivity contribution in [1.29, 1.82) is 0 Å². The lowest BCUT2D eigenvalue weighted by Crippen LogP contribution is -1.96. The van der Waals surface area contributed by atoms with E-state index in [0.717, 1.165) is 36.1 Å². The van der Waals surface area contributed by atoms with E-state index in [-0.39, 0.29) is 0 Å².